The third-order valence-corrected chi connectivity index (χ3v) is 4.18. The molecule has 21 heavy (non-hydrogen) atoms. The molecule has 0 unspecified atom stereocenters. The lowest BCUT2D eigenvalue weighted by atomic mass is 10.1. The lowest BCUT2D eigenvalue weighted by Gasteiger charge is -2.36. The van der Waals surface area contributed by atoms with E-state index in [4.69, 9.17) is 0 Å². The van der Waals surface area contributed by atoms with Crippen LogP contribution in [0.25, 0.3) is 0 Å². The summed E-state index contributed by atoms with van der Waals surface area (Å²) in [5.41, 5.74) is 2.43. The molecule has 0 aromatic heterocycles. The minimum absolute atomic E-state index is 0.118. The maximum atomic E-state index is 11.4. The number of para-hydroxylation sites is 1. The summed E-state index contributed by atoms with van der Waals surface area (Å²) in [7, 11) is 1.74. The van der Waals surface area contributed by atoms with Gasteiger partial charge in [-0.05, 0) is 18.6 Å². The third-order valence-electron chi connectivity index (χ3n) is 4.18. The molecule has 0 N–H and O–H groups in total. The first-order chi connectivity index (χ1) is 10.2. The average Bonchev–Trinajstić information content (AvgIpc) is 2.53. The Morgan fingerprint density at radius 3 is 2.43 bits per heavy atom. The summed E-state index contributed by atoms with van der Waals surface area (Å²) < 4.78 is 0. The van der Waals surface area contributed by atoms with Crippen molar-refractivity contribution >= 4 is 17.3 Å². The minimum atomic E-state index is 0.118. The van der Waals surface area contributed by atoms with E-state index in [-0.39, 0.29) is 5.91 Å². The smallest absolute Gasteiger partial charge is 0.242 e. The van der Waals surface area contributed by atoms with E-state index in [1.165, 1.54) is 10.7 Å². The van der Waals surface area contributed by atoms with Crippen LogP contribution in [0.3, 0.4) is 0 Å². The molecule has 1 saturated heterocycles. The predicted octanol–water partition coefficient (Wildman–Crippen LogP) is 1.42. The highest BCUT2D eigenvalue weighted by Crippen LogP contribution is 2.16. The third kappa shape index (κ3) is 3.42. The molecular weight excluding hydrogens is 264 g/mol. The van der Waals surface area contributed by atoms with Gasteiger partial charge in [0.25, 0.3) is 0 Å². The van der Waals surface area contributed by atoms with Crippen LogP contribution >= 0.6 is 0 Å². The molecule has 112 valence electrons. The largest absolute Gasteiger partial charge is 0.369 e. The highest BCUT2D eigenvalue weighted by molar-refractivity contribution is 5.93. The SMILES string of the molecule is CN1N=C(CN2CCN(c3ccccc3)CC2)CCC1=O. The molecule has 0 saturated carbocycles. The van der Waals surface area contributed by atoms with Crippen molar-refractivity contribution in [1.82, 2.24) is 9.91 Å². The topological polar surface area (TPSA) is 39.1 Å². The van der Waals surface area contributed by atoms with Crippen molar-refractivity contribution in [3.8, 4) is 0 Å². The van der Waals surface area contributed by atoms with E-state index in [2.05, 4.69) is 45.2 Å². The van der Waals surface area contributed by atoms with Crippen LogP contribution in [-0.2, 0) is 4.79 Å². The number of hydrazone groups is 1. The fraction of sp³-hybridized carbons (Fsp3) is 0.500. The second-order valence-electron chi connectivity index (χ2n) is 5.68. The first-order valence-electron chi connectivity index (χ1n) is 7.57. The summed E-state index contributed by atoms with van der Waals surface area (Å²) in [6, 6.07) is 10.6. The molecule has 1 aromatic carbocycles. The van der Waals surface area contributed by atoms with Crippen LogP contribution in [0.4, 0.5) is 5.69 Å². The molecule has 5 nitrogen and oxygen atoms in total. The first-order valence-corrected chi connectivity index (χ1v) is 7.57. The average molecular weight is 286 g/mol. The van der Waals surface area contributed by atoms with E-state index in [0.717, 1.165) is 44.9 Å². The zero-order valence-electron chi connectivity index (χ0n) is 12.5. The van der Waals surface area contributed by atoms with E-state index in [1.54, 1.807) is 7.05 Å². The van der Waals surface area contributed by atoms with Gasteiger partial charge in [0.1, 0.15) is 0 Å². The van der Waals surface area contributed by atoms with Gasteiger partial charge in [-0.15, -0.1) is 0 Å². The minimum Gasteiger partial charge on any atom is -0.369 e. The Morgan fingerprint density at radius 2 is 1.76 bits per heavy atom. The van der Waals surface area contributed by atoms with E-state index in [1.807, 2.05) is 0 Å². The number of carbonyl (C=O) groups excluding carboxylic acids is 1. The summed E-state index contributed by atoms with van der Waals surface area (Å²) in [5, 5.41) is 5.86. The number of anilines is 1. The van der Waals surface area contributed by atoms with Crippen molar-refractivity contribution < 1.29 is 4.79 Å². The van der Waals surface area contributed by atoms with Gasteiger partial charge < -0.3 is 4.90 Å². The maximum absolute atomic E-state index is 11.4. The van der Waals surface area contributed by atoms with Gasteiger partial charge in [-0.3, -0.25) is 9.69 Å². The predicted molar refractivity (Wildman–Crippen MR) is 84.5 cm³/mol. The van der Waals surface area contributed by atoms with Gasteiger partial charge in [0.15, 0.2) is 0 Å². The molecule has 0 aliphatic carbocycles. The molecular formula is C16H22N4O. The summed E-state index contributed by atoms with van der Waals surface area (Å²) >= 11 is 0. The molecule has 5 heteroatoms. The number of benzene rings is 1. The Bertz CT molecular complexity index is 520. The molecule has 0 atom stereocenters. The molecule has 1 aromatic rings. The summed E-state index contributed by atoms with van der Waals surface area (Å²) in [5.74, 6) is 0.118. The number of carbonyl (C=O) groups is 1. The van der Waals surface area contributed by atoms with Gasteiger partial charge >= 0.3 is 0 Å². The van der Waals surface area contributed by atoms with Gasteiger partial charge in [-0.2, -0.15) is 5.10 Å². The number of hydrogen-bond donors (Lipinski definition) is 0. The first kappa shape index (κ1) is 14.1. The second kappa shape index (κ2) is 6.26. The molecule has 1 amide bonds. The molecule has 2 aliphatic heterocycles. The fourth-order valence-electron chi connectivity index (χ4n) is 2.90. The molecule has 2 heterocycles. The molecule has 0 bridgehead atoms. The summed E-state index contributed by atoms with van der Waals surface area (Å²) in [6.07, 6.45) is 1.40. The van der Waals surface area contributed by atoms with Crippen LogP contribution in [-0.4, -0.2) is 61.3 Å². The lowest BCUT2D eigenvalue weighted by Crippen LogP contribution is -2.48. The van der Waals surface area contributed by atoms with E-state index in [9.17, 15) is 4.79 Å². The molecule has 1 fully saturated rings. The van der Waals surface area contributed by atoms with Gasteiger partial charge in [-0.25, -0.2) is 5.01 Å². The lowest BCUT2D eigenvalue weighted by molar-refractivity contribution is -0.130. The van der Waals surface area contributed by atoms with Crippen molar-refractivity contribution in [2.45, 2.75) is 12.8 Å². The normalized spacial score (nSPS) is 20.6. The van der Waals surface area contributed by atoms with Crippen molar-refractivity contribution in [1.29, 1.82) is 0 Å². The van der Waals surface area contributed by atoms with E-state index >= 15 is 0 Å². The standard InChI is InChI=1S/C16H22N4O/c1-18-16(21)8-7-14(17-18)13-19-9-11-20(12-10-19)15-5-3-2-4-6-15/h2-6H,7-13H2,1H3. The van der Waals surface area contributed by atoms with Crippen molar-refractivity contribution in [3.63, 3.8) is 0 Å². The number of nitrogens with zero attached hydrogens (tertiary/aromatic N) is 4. The van der Waals surface area contributed by atoms with Crippen LogP contribution in [0.15, 0.2) is 35.4 Å². The summed E-state index contributed by atoms with van der Waals surface area (Å²) in [4.78, 5) is 16.3. The van der Waals surface area contributed by atoms with Gasteiger partial charge in [0.05, 0.1) is 5.71 Å². The highest BCUT2D eigenvalue weighted by Gasteiger charge is 2.21. The number of piperazine rings is 1. The van der Waals surface area contributed by atoms with Gasteiger partial charge in [0, 0.05) is 51.9 Å². The van der Waals surface area contributed by atoms with Crippen LogP contribution in [0.5, 0.6) is 0 Å². The van der Waals surface area contributed by atoms with Crippen LogP contribution in [0.2, 0.25) is 0 Å². The zero-order valence-corrected chi connectivity index (χ0v) is 12.5. The highest BCUT2D eigenvalue weighted by atomic mass is 16.2. The zero-order chi connectivity index (χ0) is 14.7. The van der Waals surface area contributed by atoms with Crippen molar-refractivity contribution in [3.05, 3.63) is 30.3 Å². The number of amides is 1. The van der Waals surface area contributed by atoms with Crippen molar-refractivity contribution in [2.24, 2.45) is 5.10 Å². The van der Waals surface area contributed by atoms with Crippen LogP contribution in [0, 0.1) is 0 Å². The monoisotopic (exact) mass is 286 g/mol. The fourth-order valence-corrected chi connectivity index (χ4v) is 2.90. The Hall–Kier alpha value is -1.88. The number of rotatable bonds is 3. The number of hydrogen-bond acceptors (Lipinski definition) is 4. The quantitative estimate of drug-likeness (QED) is 0.843. The van der Waals surface area contributed by atoms with Gasteiger partial charge in [-0.1, -0.05) is 18.2 Å². The van der Waals surface area contributed by atoms with E-state index in [0.29, 0.717) is 6.42 Å². The van der Waals surface area contributed by atoms with Crippen LogP contribution in [0.1, 0.15) is 12.8 Å². The van der Waals surface area contributed by atoms with Gasteiger partial charge in [0.2, 0.25) is 5.91 Å². The maximum Gasteiger partial charge on any atom is 0.242 e. The van der Waals surface area contributed by atoms with Crippen LogP contribution < -0.4 is 4.90 Å². The Labute approximate surface area is 125 Å². The molecule has 0 radical (unpaired) electrons. The Balaban J connectivity index is 1.52. The Morgan fingerprint density at radius 1 is 1.05 bits per heavy atom. The summed E-state index contributed by atoms with van der Waals surface area (Å²) in [6.45, 7) is 5.08. The van der Waals surface area contributed by atoms with Crippen molar-refractivity contribution in [2.75, 3.05) is 44.7 Å². The molecule has 3 rings (SSSR count). The Kier molecular flexibility index (Phi) is 4.20. The van der Waals surface area contributed by atoms with E-state index < -0.39 is 0 Å². The molecule has 2 aliphatic rings. The molecule has 0 spiro atoms. The second-order valence-corrected chi connectivity index (χ2v) is 5.68.